The van der Waals surface area contributed by atoms with Gasteiger partial charge in [-0.2, -0.15) is 0 Å². The van der Waals surface area contributed by atoms with E-state index >= 15 is 0 Å². The second-order valence-electron chi connectivity index (χ2n) is 4.96. The molecule has 2 aromatic carbocycles. The number of rotatable bonds is 3. The maximum atomic E-state index is 13.1. The molecule has 0 aliphatic heterocycles. The summed E-state index contributed by atoms with van der Waals surface area (Å²) in [5.74, 6) is 0.346. The topological polar surface area (TPSA) is 86.2 Å². The van der Waals surface area contributed by atoms with E-state index in [9.17, 15) is 12.8 Å². The Bertz CT molecular complexity index is 963. The first kappa shape index (κ1) is 15.4. The van der Waals surface area contributed by atoms with Crippen LogP contribution in [0.5, 0.6) is 0 Å². The monoisotopic (exact) mass is 332 g/mol. The quantitative estimate of drug-likeness (QED) is 0.798. The first-order valence-corrected chi connectivity index (χ1v) is 8.26. The number of hydrogen-bond acceptors (Lipinski definition) is 4. The van der Waals surface area contributed by atoms with Crippen LogP contribution in [0.2, 0.25) is 0 Å². The molecule has 0 bridgehead atoms. The largest absolute Gasteiger partial charge is 0.440 e. The molecule has 0 aliphatic rings. The molecule has 3 aromatic rings. The summed E-state index contributed by atoms with van der Waals surface area (Å²) >= 11 is 0. The van der Waals surface area contributed by atoms with Crippen LogP contribution in [0.3, 0.4) is 0 Å². The highest BCUT2D eigenvalue weighted by Gasteiger charge is 2.21. The van der Waals surface area contributed by atoms with Crippen LogP contribution in [0, 0.1) is 12.7 Å². The van der Waals surface area contributed by atoms with Crippen molar-refractivity contribution < 1.29 is 17.2 Å². The van der Waals surface area contributed by atoms with Gasteiger partial charge in [0.1, 0.15) is 11.5 Å². The average molecular weight is 332 g/mol. The molecule has 23 heavy (non-hydrogen) atoms. The van der Waals surface area contributed by atoms with E-state index in [4.69, 9.17) is 9.56 Å². The molecule has 0 spiro atoms. The van der Waals surface area contributed by atoms with Crippen LogP contribution < -0.4 is 5.14 Å². The highest BCUT2D eigenvalue weighted by molar-refractivity contribution is 7.89. The van der Waals surface area contributed by atoms with Crippen molar-refractivity contribution in [2.75, 3.05) is 0 Å². The standard InChI is InChI=1S/C16H13FN2O3S/c1-10-19-15(13-4-2-3-5-14(13)23(18,20)21)16(22-10)11-6-8-12(17)9-7-11/h2-9H,1H3,(H2,18,20,21). The van der Waals surface area contributed by atoms with Gasteiger partial charge in [0.15, 0.2) is 11.7 Å². The summed E-state index contributed by atoms with van der Waals surface area (Å²) < 4.78 is 42.3. The number of aromatic nitrogens is 1. The lowest BCUT2D eigenvalue weighted by Crippen LogP contribution is -2.13. The zero-order chi connectivity index (χ0) is 16.6. The van der Waals surface area contributed by atoms with Crippen molar-refractivity contribution >= 4 is 10.0 Å². The predicted molar refractivity (Wildman–Crippen MR) is 83.4 cm³/mol. The van der Waals surface area contributed by atoms with E-state index in [1.165, 1.54) is 18.2 Å². The Morgan fingerprint density at radius 1 is 1.09 bits per heavy atom. The van der Waals surface area contributed by atoms with Gasteiger partial charge in [-0.1, -0.05) is 18.2 Å². The molecule has 2 N–H and O–H groups in total. The van der Waals surface area contributed by atoms with Crippen molar-refractivity contribution in [3.63, 3.8) is 0 Å². The van der Waals surface area contributed by atoms with Crippen molar-refractivity contribution in [1.29, 1.82) is 0 Å². The molecular weight excluding hydrogens is 319 g/mol. The maximum absolute atomic E-state index is 13.1. The first-order chi connectivity index (χ1) is 10.9. The molecule has 0 saturated carbocycles. The average Bonchev–Trinajstić information content (AvgIpc) is 2.89. The van der Waals surface area contributed by atoms with Crippen LogP contribution in [-0.4, -0.2) is 13.4 Å². The highest BCUT2D eigenvalue weighted by Crippen LogP contribution is 2.35. The SMILES string of the molecule is Cc1nc(-c2ccccc2S(N)(=O)=O)c(-c2ccc(F)cc2)o1. The van der Waals surface area contributed by atoms with Crippen LogP contribution in [0.25, 0.3) is 22.6 Å². The second-order valence-corrected chi connectivity index (χ2v) is 6.49. The summed E-state index contributed by atoms with van der Waals surface area (Å²) in [7, 11) is -3.92. The van der Waals surface area contributed by atoms with Gasteiger partial charge in [0.25, 0.3) is 0 Å². The lowest BCUT2D eigenvalue weighted by Gasteiger charge is -2.06. The molecule has 5 nitrogen and oxygen atoms in total. The van der Waals surface area contributed by atoms with Gasteiger partial charge in [0.05, 0.1) is 4.90 Å². The molecule has 0 fully saturated rings. The first-order valence-electron chi connectivity index (χ1n) is 6.72. The number of halogens is 1. The van der Waals surface area contributed by atoms with E-state index < -0.39 is 10.0 Å². The zero-order valence-electron chi connectivity index (χ0n) is 12.2. The predicted octanol–water partition coefficient (Wildman–Crippen LogP) is 3.10. The fourth-order valence-electron chi connectivity index (χ4n) is 2.32. The Labute approximate surface area is 132 Å². The normalized spacial score (nSPS) is 11.6. The van der Waals surface area contributed by atoms with Crippen LogP contribution in [0.4, 0.5) is 4.39 Å². The number of hydrogen-bond donors (Lipinski definition) is 1. The third kappa shape index (κ3) is 3.01. The minimum atomic E-state index is -3.92. The summed E-state index contributed by atoms with van der Waals surface area (Å²) in [5, 5.41) is 5.27. The van der Waals surface area contributed by atoms with Gasteiger partial charge in [-0.05, 0) is 30.3 Å². The summed E-state index contributed by atoms with van der Waals surface area (Å²) in [6, 6.07) is 11.9. The lowest BCUT2D eigenvalue weighted by molar-refractivity contribution is 0.534. The third-order valence-electron chi connectivity index (χ3n) is 3.29. The maximum Gasteiger partial charge on any atom is 0.238 e. The fraction of sp³-hybridized carbons (Fsp3) is 0.0625. The third-order valence-corrected chi connectivity index (χ3v) is 4.26. The highest BCUT2D eigenvalue weighted by atomic mass is 32.2. The number of nitrogens with two attached hydrogens (primary N) is 1. The molecular formula is C16H13FN2O3S. The van der Waals surface area contributed by atoms with Gasteiger partial charge in [0, 0.05) is 18.1 Å². The molecule has 7 heteroatoms. The van der Waals surface area contributed by atoms with Crippen molar-refractivity contribution in [2.24, 2.45) is 5.14 Å². The van der Waals surface area contributed by atoms with Crippen molar-refractivity contribution in [3.8, 4) is 22.6 Å². The zero-order valence-corrected chi connectivity index (χ0v) is 13.0. The lowest BCUT2D eigenvalue weighted by atomic mass is 10.1. The Morgan fingerprint density at radius 2 is 1.74 bits per heavy atom. The van der Waals surface area contributed by atoms with Gasteiger partial charge in [-0.3, -0.25) is 0 Å². The van der Waals surface area contributed by atoms with Gasteiger partial charge < -0.3 is 4.42 Å². The van der Waals surface area contributed by atoms with Crippen LogP contribution >= 0.6 is 0 Å². The number of oxazole rings is 1. The van der Waals surface area contributed by atoms with Crippen LogP contribution in [0.15, 0.2) is 57.8 Å². The van der Waals surface area contributed by atoms with E-state index in [0.29, 0.717) is 28.5 Å². The molecule has 0 radical (unpaired) electrons. The minimum absolute atomic E-state index is 0.0448. The van der Waals surface area contributed by atoms with Crippen LogP contribution in [0.1, 0.15) is 5.89 Å². The minimum Gasteiger partial charge on any atom is -0.440 e. The molecule has 0 amide bonds. The van der Waals surface area contributed by atoms with Gasteiger partial charge >= 0.3 is 0 Å². The fourth-order valence-corrected chi connectivity index (χ4v) is 3.06. The Morgan fingerprint density at radius 3 is 2.39 bits per heavy atom. The number of aryl methyl sites for hydroxylation is 1. The second kappa shape index (κ2) is 5.60. The van der Waals surface area contributed by atoms with Crippen molar-refractivity contribution in [2.45, 2.75) is 11.8 Å². The Balaban J connectivity index is 2.25. The van der Waals surface area contributed by atoms with Gasteiger partial charge in [0.2, 0.25) is 10.0 Å². The van der Waals surface area contributed by atoms with Crippen LogP contribution in [-0.2, 0) is 10.0 Å². The van der Waals surface area contributed by atoms with E-state index in [-0.39, 0.29) is 10.7 Å². The molecule has 0 atom stereocenters. The number of nitrogens with zero attached hydrogens (tertiary/aromatic N) is 1. The molecule has 1 aromatic heterocycles. The molecule has 3 rings (SSSR count). The molecule has 0 aliphatic carbocycles. The van der Waals surface area contributed by atoms with Gasteiger partial charge in [-0.25, -0.2) is 22.9 Å². The molecule has 0 unspecified atom stereocenters. The van der Waals surface area contributed by atoms with E-state index in [0.717, 1.165) is 0 Å². The van der Waals surface area contributed by atoms with Crippen molar-refractivity contribution in [3.05, 3.63) is 60.2 Å². The molecule has 118 valence electrons. The summed E-state index contributed by atoms with van der Waals surface area (Å²) in [6.07, 6.45) is 0. The van der Waals surface area contributed by atoms with Crippen molar-refractivity contribution in [1.82, 2.24) is 4.98 Å². The summed E-state index contributed by atoms with van der Waals surface area (Å²) in [5.41, 5.74) is 1.27. The van der Waals surface area contributed by atoms with Gasteiger partial charge in [-0.15, -0.1) is 0 Å². The Kier molecular flexibility index (Phi) is 3.75. The summed E-state index contributed by atoms with van der Waals surface area (Å²) in [6.45, 7) is 1.65. The number of primary sulfonamides is 1. The molecule has 1 heterocycles. The number of benzene rings is 2. The van der Waals surface area contributed by atoms with E-state index in [2.05, 4.69) is 4.98 Å². The smallest absolute Gasteiger partial charge is 0.238 e. The van der Waals surface area contributed by atoms with E-state index in [1.54, 1.807) is 37.3 Å². The summed E-state index contributed by atoms with van der Waals surface area (Å²) in [4.78, 5) is 4.23. The molecule has 0 saturated heterocycles. The Hall–Kier alpha value is -2.51. The van der Waals surface area contributed by atoms with E-state index in [1.807, 2.05) is 0 Å². The number of sulfonamides is 1.